The number of rotatable bonds is 10. The number of carbonyl (C=O) groups excluding carboxylic acids is 1. The lowest BCUT2D eigenvalue weighted by atomic mass is 10.2. The Morgan fingerprint density at radius 3 is 2.71 bits per heavy atom. The maximum absolute atomic E-state index is 12.1. The van der Waals surface area contributed by atoms with Gasteiger partial charge in [0.15, 0.2) is 5.96 Å². The molecule has 3 N–H and O–H groups in total. The number of aliphatic imine (C=N–C) groups is 1. The molecular weight excluding hydrogens is 403 g/mol. The second kappa shape index (κ2) is 12.8. The summed E-state index contributed by atoms with van der Waals surface area (Å²) in [4.78, 5) is 16.2. The van der Waals surface area contributed by atoms with Crippen LogP contribution in [0.5, 0.6) is 0 Å². The van der Waals surface area contributed by atoms with Gasteiger partial charge in [-0.25, -0.2) is 0 Å². The molecule has 1 heterocycles. The molecule has 0 radical (unpaired) electrons. The number of hydrogen-bond acceptors (Lipinski definition) is 4. The molecule has 1 aliphatic rings. The summed E-state index contributed by atoms with van der Waals surface area (Å²) < 4.78 is 11.1. The Morgan fingerprint density at radius 2 is 2.00 bits per heavy atom. The molecule has 0 aromatic heterocycles. The Hall–Kier alpha value is -1.54. The minimum Gasteiger partial charge on any atom is -0.379 e. The number of benzene rings is 1. The van der Waals surface area contributed by atoms with Crippen LogP contribution in [-0.2, 0) is 9.47 Å². The van der Waals surface area contributed by atoms with Crippen LogP contribution >= 0.6 is 23.2 Å². The van der Waals surface area contributed by atoms with Crippen LogP contribution in [0.2, 0.25) is 10.0 Å². The van der Waals surface area contributed by atoms with Gasteiger partial charge in [-0.1, -0.05) is 23.2 Å². The second-order valence-corrected chi connectivity index (χ2v) is 7.19. The number of hydrogen-bond donors (Lipinski definition) is 3. The summed E-state index contributed by atoms with van der Waals surface area (Å²) in [5.74, 6) is 0.481. The van der Waals surface area contributed by atoms with Gasteiger partial charge in [0.25, 0.3) is 5.91 Å². The highest BCUT2D eigenvalue weighted by molar-refractivity contribution is 6.42. The van der Waals surface area contributed by atoms with Crippen LogP contribution in [0.3, 0.4) is 0 Å². The minimum absolute atomic E-state index is 0.202. The van der Waals surface area contributed by atoms with Crippen molar-refractivity contribution in [1.82, 2.24) is 16.0 Å². The van der Waals surface area contributed by atoms with Gasteiger partial charge >= 0.3 is 0 Å². The summed E-state index contributed by atoms with van der Waals surface area (Å²) in [7, 11) is 1.71. The molecule has 1 saturated heterocycles. The number of guanidine groups is 1. The lowest BCUT2D eigenvalue weighted by Gasteiger charge is -2.13. The molecule has 9 heteroatoms. The van der Waals surface area contributed by atoms with Gasteiger partial charge in [0.1, 0.15) is 0 Å². The molecule has 1 amide bonds. The number of nitrogens with one attached hydrogen (secondary N) is 3. The van der Waals surface area contributed by atoms with Crippen LogP contribution in [0.1, 0.15) is 29.6 Å². The average Bonchev–Trinajstić information content (AvgIpc) is 3.21. The first kappa shape index (κ1) is 22.7. The third-order valence-corrected chi connectivity index (χ3v) is 4.93. The van der Waals surface area contributed by atoms with E-state index in [2.05, 4.69) is 20.9 Å². The average molecular weight is 431 g/mol. The molecule has 1 aromatic carbocycles. The maximum Gasteiger partial charge on any atom is 0.251 e. The van der Waals surface area contributed by atoms with Crippen LogP contribution in [0.25, 0.3) is 0 Å². The molecule has 1 atom stereocenters. The van der Waals surface area contributed by atoms with Crippen LogP contribution in [0.4, 0.5) is 0 Å². The van der Waals surface area contributed by atoms with E-state index in [1.165, 1.54) is 0 Å². The van der Waals surface area contributed by atoms with Gasteiger partial charge in [-0.05, 0) is 37.5 Å². The first-order chi connectivity index (χ1) is 13.6. The monoisotopic (exact) mass is 430 g/mol. The van der Waals surface area contributed by atoms with Crippen molar-refractivity contribution in [3.05, 3.63) is 33.8 Å². The number of halogens is 2. The predicted octanol–water partition coefficient (Wildman–Crippen LogP) is 2.47. The van der Waals surface area contributed by atoms with Gasteiger partial charge in [0.2, 0.25) is 0 Å². The SMILES string of the molecule is CN=C(NCCCOCC1CCCO1)NCCNC(=O)c1ccc(Cl)c(Cl)c1. The van der Waals surface area contributed by atoms with E-state index >= 15 is 0 Å². The van der Waals surface area contributed by atoms with Crippen molar-refractivity contribution in [2.45, 2.75) is 25.4 Å². The Labute approximate surface area is 176 Å². The van der Waals surface area contributed by atoms with Gasteiger partial charge in [-0.3, -0.25) is 9.79 Å². The Balaban J connectivity index is 1.52. The smallest absolute Gasteiger partial charge is 0.251 e. The van der Waals surface area contributed by atoms with E-state index in [9.17, 15) is 4.79 Å². The van der Waals surface area contributed by atoms with Crippen molar-refractivity contribution >= 4 is 35.1 Å². The van der Waals surface area contributed by atoms with Gasteiger partial charge in [0, 0.05) is 45.5 Å². The van der Waals surface area contributed by atoms with Crippen LogP contribution < -0.4 is 16.0 Å². The Bertz CT molecular complexity index is 652. The molecule has 0 aliphatic carbocycles. The molecular formula is C19H28Cl2N4O3. The number of nitrogens with zero attached hydrogens (tertiary/aromatic N) is 1. The molecule has 0 saturated carbocycles. The third-order valence-electron chi connectivity index (χ3n) is 4.19. The number of ether oxygens (including phenoxy) is 2. The molecule has 28 heavy (non-hydrogen) atoms. The molecule has 1 aromatic rings. The zero-order chi connectivity index (χ0) is 20.2. The first-order valence-electron chi connectivity index (χ1n) is 9.47. The van der Waals surface area contributed by atoms with Gasteiger partial charge in [0.05, 0.1) is 22.8 Å². The van der Waals surface area contributed by atoms with Crippen LogP contribution in [0, 0.1) is 0 Å². The van der Waals surface area contributed by atoms with Crippen molar-refractivity contribution in [3.63, 3.8) is 0 Å². The zero-order valence-corrected chi connectivity index (χ0v) is 17.6. The van der Waals surface area contributed by atoms with E-state index in [1.807, 2.05) is 0 Å². The van der Waals surface area contributed by atoms with E-state index in [0.717, 1.165) is 32.4 Å². The van der Waals surface area contributed by atoms with Crippen molar-refractivity contribution in [1.29, 1.82) is 0 Å². The Kier molecular flexibility index (Phi) is 10.4. The zero-order valence-electron chi connectivity index (χ0n) is 16.1. The van der Waals surface area contributed by atoms with E-state index in [4.69, 9.17) is 32.7 Å². The van der Waals surface area contributed by atoms with E-state index < -0.39 is 0 Å². The summed E-state index contributed by atoms with van der Waals surface area (Å²) in [6.07, 6.45) is 3.37. The summed E-state index contributed by atoms with van der Waals surface area (Å²) in [6, 6.07) is 4.79. The molecule has 1 aliphatic heterocycles. The maximum atomic E-state index is 12.1. The van der Waals surface area contributed by atoms with Crippen molar-refractivity contribution < 1.29 is 14.3 Å². The van der Waals surface area contributed by atoms with Crippen LogP contribution in [-0.4, -0.2) is 64.5 Å². The molecule has 2 rings (SSSR count). The van der Waals surface area contributed by atoms with E-state index in [0.29, 0.717) is 47.9 Å². The predicted molar refractivity (Wildman–Crippen MR) is 113 cm³/mol. The molecule has 0 bridgehead atoms. The highest BCUT2D eigenvalue weighted by Gasteiger charge is 2.14. The van der Waals surface area contributed by atoms with Crippen LogP contribution in [0.15, 0.2) is 23.2 Å². The summed E-state index contributed by atoms with van der Waals surface area (Å²) in [5.41, 5.74) is 0.472. The summed E-state index contributed by atoms with van der Waals surface area (Å²) >= 11 is 11.8. The third kappa shape index (κ3) is 8.22. The van der Waals surface area contributed by atoms with Crippen molar-refractivity contribution in [2.24, 2.45) is 4.99 Å². The standard InChI is InChI=1S/C19H28Cl2N4O3/c1-22-19(24-7-3-10-27-13-15-4-2-11-28-15)25-9-8-23-18(26)14-5-6-16(20)17(21)12-14/h5-6,12,15H,2-4,7-11,13H2,1H3,(H,23,26)(H2,22,24,25). The fourth-order valence-electron chi connectivity index (χ4n) is 2.69. The highest BCUT2D eigenvalue weighted by Crippen LogP contribution is 2.22. The second-order valence-electron chi connectivity index (χ2n) is 6.37. The lowest BCUT2D eigenvalue weighted by Crippen LogP contribution is -2.42. The van der Waals surface area contributed by atoms with E-state index in [1.54, 1.807) is 25.2 Å². The molecule has 156 valence electrons. The largest absolute Gasteiger partial charge is 0.379 e. The van der Waals surface area contributed by atoms with Gasteiger partial charge < -0.3 is 25.4 Å². The molecule has 7 nitrogen and oxygen atoms in total. The fourth-order valence-corrected chi connectivity index (χ4v) is 2.99. The highest BCUT2D eigenvalue weighted by atomic mass is 35.5. The lowest BCUT2D eigenvalue weighted by molar-refractivity contribution is 0.0168. The van der Waals surface area contributed by atoms with Gasteiger partial charge in [-0.2, -0.15) is 0 Å². The summed E-state index contributed by atoms with van der Waals surface area (Å²) in [5, 5.41) is 9.96. The molecule has 1 unspecified atom stereocenters. The summed E-state index contributed by atoms with van der Waals surface area (Å²) in [6.45, 7) is 3.95. The quantitative estimate of drug-likeness (QED) is 0.301. The van der Waals surface area contributed by atoms with Crippen molar-refractivity contribution in [3.8, 4) is 0 Å². The fraction of sp³-hybridized carbons (Fsp3) is 0.579. The molecule has 0 spiro atoms. The number of amides is 1. The first-order valence-corrected chi connectivity index (χ1v) is 10.2. The number of carbonyl (C=O) groups is 1. The van der Waals surface area contributed by atoms with Gasteiger partial charge in [-0.15, -0.1) is 0 Å². The Morgan fingerprint density at radius 1 is 1.21 bits per heavy atom. The normalized spacial score (nSPS) is 16.8. The molecule has 1 fully saturated rings. The minimum atomic E-state index is -0.202. The van der Waals surface area contributed by atoms with E-state index in [-0.39, 0.29) is 12.0 Å². The topological polar surface area (TPSA) is 84.0 Å². The van der Waals surface area contributed by atoms with Crippen molar-refractivity contribution in [2.75, 3.05) is 46.5 Å².